The summed E-state index contributed by atoms with van der Waals surface area (Å²) in [7, 11) is 0. The zero-order valence-electron chi connectivity index (χ0n) is 7.32. The molecule has 1 rings (SSSR count). The molecule has 0 aromatic heterocycles. The summed E-state index contributed by atoms with van der Waals surface area (Å²) in [6, 6.07) is 0. The first-order chi connectivity index (χ1) is 5.68. The van der Waals surface area contributed by atoms with Crippen LogP contribution in [0.15, 0.2) is 0 Å². The van der Waals surface area contributed by atoms with Crippen LogP contribution in [0.1, 0.15) is 6.92 Å². The van der Waals surface area contributed by atoms with Crippen molar-refractivity contribution in [1.82, 2.24) is 4.90 Å². The first-order valence-corrected chi connectivity index (χ1v) is 4.20. The van der Waals surface area contributed by atoms with Gasteiger partial charge in [0.25, 0.3) is 0 Å². The first kappa shape index (κ1) is 9.48. The van der Waals surface area contributed by atoms with Crippen molar-refractivity contribution in [2.24, 2.45) is 5.92 Å². The molecule has 0 spiro atoms. The van der Waals surface area contributed by atoms with Crippen LogP contribution in [0.2, 0.25) is 0 Å². The van der Waals surface area contributed by atoms with Crippen molar-refractivity contribution >= 4 is 5.97 Å². The third-order valence-corrected chi connectivity index (χ3v) is 1.88. The van der Waals surface area contributed by atoms with Crippen molar-refractivity contribution in [2.45, 2.75) is 6.92 Å². The maximum atomic E-state index is 10.4. The zero-order chi connectivity index (χ0) is 8.97. The van der Waals surface area contributed by atoms with Gasteiger partial charge in [-0.1, -0.05) is 6.92 Å². The second-order valence-corrected chi connectivity index (χ2v) is 3.31. The van der Waals surface area contributed by atoms with Gasteiger partial charge in [-0.05, 0) is 5.92 Å². The molecule has 1 atom stereocenters. The van der Waals surface area contributed by atoms with E-state index in [1.807, 2.05) is 4.90 Å². The SMILES string of the molecule is CC1COCCN(CC(=O)O)C1. The minimum Gasteiger partial charge on any atom is -0.480 e. The van der Waals surface area contributed by atoms with Crippen molar-refractivity contribution in [3.63, 3.8) is 0 Å². The average Bonchev–Trinajstić information content (AvgIpc) is 2.12. The monoisotopic (exact) mass is 173 g/mol. The van der Waals surface area contributed by atoms with Crippen LogP contribution in [0, 0.1) is 5.92 Å². The van der Waals surface area contributed by atoms with Gasteiger partial charge in [0.2, 0.25) is 0 Å². The van der Waals surface area contributed by atoms with Gasteiger partial charge in [0.15, 0.2) is 0 Å². The number of carbonyl (C=O) groups is 1. The number of carboxylic acid groups (broad SMARTS) is 1. The fourth-order valence-corrected chi connectivity index (χ4v) is 1.40. The molecule has 4 heteroatoms. The summed E-state index contributed by atoms with van der Waals surface area (Å²) < 4.78 is 5.28. The fraction of sp³-hybridized carbons (Fsp3) is 0.875. The number of rotatable bonds is 2. The topological polar surface area (TPSA) is 49.8 Å². The maximum absolute atomic E-state index is 10.4. The van der Waals surface area contributed by atoms with E-state index in [9.17, 15) is 4.79 Å². The zero-order valence-corrected chi connectivity index (χ0v) is 7.32. The molecule has 1 N–H and O–H groups in total. The molecule has 1 aliphatic rings. The molecule has 1 fully saturated rings. The number of ether oxygens (including phenoxy) is 1. The van der Waals surface area contributed by atoms with Crippen LogP contribution in [0.3, 0.4) is 0 Å². The van der Waals surface area contributed by atoms with Gasteiger partial charge in [-0.3, -0.25) is 9.69 Å². The van der Waals surface area contributed by atoms with E-state index in [2.05, 4.69) is 6.92 Å². The molecule has 0 aliphatic carbocycles. The minimum atomic E-state index is -0.760. The van der Waals surface area contributed by atoms with Crippen LogP contribution in [-0.2, 0) is 9.53 Å². The molecule has 12 heavy (non-hydrogen) atoms. The van der Waals surface area contributed by atoms with Gasteiger partial charge in [0.05, 0.1) is 19.8 Å². The van der Waals surface area contributed by atoms with Gasteiger partial charge < -0.3 is 9.84 Å². The molecule has 4 nitrogen and oxygen atoms in total. The Hall–Kier alpha value is -0.610. The average molecular weight is 173 g/mol. The summed E-state index contributed by atoms with van der Waals surface area (Å²) in [6.45, 7) is 5.16. The van der Waals surface area contributed by atoms with Crippen molar-refractivity contribution in [3.8, 4) is 0 Å². The van der Waals surface area contributed by atoms with E-state index >= 15 is 0 Å². The highest BCUT2D eigenvalue weighted by Crippen LogP contribution is 2.04. The summed E-state index contributed by atoms with van der Waals surface area (Å²) >= 11 is 0. The lowest BCUT2D eigenvalue weighted by Crippen LogP contribution is -2.33. The lowest BCUT2D eigenvalue weighted by Gasteiger charge is -2.18. The van der Waals surface area contributed by atoms with Crippen LogP contribution in [0.4, 0.5) is 0 Å². The van der Waals surface area contributed by atoms with Gasteiger partial charge in [-0.25, -0.2) is 0 Å². The van der Waals surface area contributed by atoms with Crippen molar-refractivity contribution in [2.75, 3.05) is 32.8 Å². The lowest BCUT2D eigenvalue weighted by atomic mass is 10.2. The highest BCUT2D eigenvalue weighted by molar-refractivity contribution is 5.69. The maximum Gasteiger partial charge on any atom is 0.317 e. The highest BCUT2D eigenvalue weighted by Gasteiger charge is 2.16. The van der Waals surface area contributed by atoms with Crippen molar-refractivity contribution in [3.05, 3.63) is 0 Å². The van der Waals surface area contributed by atoms with Gasteiger partial charge >= 0.3 is 5.97 Å². The number of carboxylic acids is 1. The molecule has 0 aromatic rings. The van der Waals surface area contributed by atoms with E-state index in [0.717, 1.165) is 19.7 Å². The van der Waals surface area contributed by atoms with Crippen LogP contribution in [0.25, 0.3) is 0 Å². The van der Waals surface area contributed by atoms with E-state index in [4.69, 9.17) is 9.84 Å². The van der Waals surface area contributed by atoms with Crippen LogP contribution in [-0.4, -0.2) is 48.8 Å². The molecular weight excluding hydrogens is 158 g/mol. The summed E-state index contributed by atoms with van der Waals surface area (Å²) in [6.07, 6.45) is 0. The van der Waals surface area contributed by atoms with E-state index in [0.29, 0.717) is 12.5 Å². The normalized spacial score (nSPS) is 26.6. The summed E-state index contributed by atoms with van der Waals surface area (Å²) in [5, 5.41) is 8.56. The van der Waals surface area contributed by atoms with Crippen LogP contribution < -0.4 is 0 Å². The van der Waals surface area contributed by atoms with Gasteiger partial charge in [0.1, 0.15) is 0 Å². The van der Waals surface area contributed by atoms with Crippen molar-refractivity contribution in [1.29, 1.82) is 0 Å². The Kier molecular flexibility index (Phi) is 3.49. The first-order valence-electron chi connectivity index (χ1n) is 4.20. The molecule has 0 radical (unpaired) electrons. The Morgan fingerprint density at radius 1 is 1.75 bits per heavy atom. The Bertz CT molecular complexity index is 160. The quantitative estimate of drug-likeness (QED) is 0.640. The third kappa shape index (κ3) is 3.19. The molecule has 0 aromatic carbocycles. The summed E-state index contributed by atoms with van der Waals surface area (Å²) in [5.74, 6) is -0.323. The second-order valence-electron chi connectivity index (χ2n) is 3.31. The van der Waals surface area contributed by atoms with E-state index in [1.54, 1.807) is 0 Å². The Balaban J connectivity index is 2.35. The molecule has 0 amide bonds. The highest BCUT2D eigenvalue weighted by atomic mass is 16.5. The fourth-order valence-electron chi connectivity index (χ4n) is 1.40. The molecule has 1 saturated heterocycles. The molecule has 0 saturated carbocycles. The standard InChI is InChI=1S/C8H15NO3/c1-7-4-9(5-8(10)11)2-3-12-6-7/h7H,2-6H2,1H3,(H,10,11). The van der Waals surface area contributed by atoms with Gasteiger partial charge in [-0.15, -0.1) is 0 Å². The summed E-state index contributed by atoms with van der Waals surface area (Å²) in [4.78, 5) is 12.3. The van der Waals surface area contributed by atoms with Crippen LogP contribution in [0.5, 0.6) is 0 Å². The minimum absolute atomic E-state index is 0.133. The third-order valence-electron chi connectivity index (χ3n) is 1.88. The number of hydrogen-bond acceptors (Lipinski definition) is 3. The smallest absolute Gasteiger partial charge is 0.317 e. The van der Waals surface area contributed by atoms with Crippen molar-refractivity contribution < 1.29 is 14.6 Å². The Labute approximate surface area is 72.1 Å². The molecule has 0 bridgehead atoms. The second kappa shape index (κ2) is 4.42. The molecule has 70 valence electrons. The van der Waals surface area contributed by atoms with Crippen LogP contribution >= 0.6 is 0 Å². The Morgan fingerprint density at radius 2 is 2.50 bits per heavy atom. The Morgan fingerprint density at radius 3 is 3.17 bits per heavy atom. The largest absolute Gasteiger partial charge is 0.480 e. The molecule has 1 heterocycles. The molecular formula is C8H15NO3. The number of aliphatic carboxylic acids is 1. The summed E-state index contributed by atoms with van der Waals surface area (Å²) in [5.41, 5.74) is 0. The predicted octanol–water partition coefficient (Wildman–Crippen LogP) is 0.0393. The molecule has 1 unspecified atom stereocenters. The van der Waals surface area contributed by atoms with E-state index in [1.165, 1.54) is 0 Å². The van der Waals surface area contributed by atoms with Gasteiger partial charge in [0, 0.05) is 13.1 Å². The number of nitrogens with zero attached hydrogens (tertiary/aromatic N) is 1. The lowest BCUT2D eigenvalue weighted by molar-refractivity contribution is -0.138. The molecule has 1 aliphatic heterocycles. The van der Waals surface area contributed by atoms with E-state index < -0.39 is 5.97 Å². The van der Waals surface area contributed by atoms with E-state index in [-0.39, 0.29) is 6.54 Å². The van der Waals surface area contributed by atoms with Gasteiger partial charge in [-0.2, -0.15) is 0 Å². The predicted molar refractivity (Wildman–Crippen MR) is 44.1 cm³/mol. The number of hydrogen-bond donors (Lipinski definition) is 1.